The minimum absolute atomic E-state index is 0.0272. The Kier molecular flexibility index (Phi) is 4.78. The fourth-order valence-corrected chi connectivity index (χ4v) is 4.02. The molecule has 8 nitrogen and oxygen atoms in total. The van der Waals surface area contributed by atoms with Gasteiger partial charge in [-0.25, -0.2) is 0 Å². The van der Waals surface area contributed by atoms with Crippen LogP contribution in [0.5, 0.6) is 0 Å². The molecule has 5 rings (SSSR count). The van der Waals surface area contributed by atoms with E-state index in [9.17, 15) is 4.79 Å². The molecule has 1 amide bonds. The second kappa shape index (κ2) is 7.63. The molecule has 31 heavy (non-hydrogen) atoms. The highest BCUT2D eigenvalue weighted by Crippen LogP contribution is 2.27. The van der Waals surface area contributed by atoms with Crippen LogP contribution in [-0.2, 0) is 11.8 Å². The first-order valence-electron chi connectivity index (χ1n) is 10.2. The van der Waals surface area contributed by atoms with Crippen molar-refractivity contribution in [3.63, 3.8) is 0 Å². The quantitative estimate of drug-likeness (QED) is 0.507. The Balaban J connectivity index is 1.37. The van der Waals surface area contributed by atoms with Crippen LogP contribution >= 0.6 is 0 Å². The van der Waals surface area contributed by atoms with Crippen LogP contribution in [0.15, 0.2) is 47.1 Å². The number of ether oxygens (including phenoxy) is 1. The van der Waals surface area contributed by atoms with Crippen LogP contribution in [0.4, 0.5) is 0 Å². The first-order chi connectivity index (χ1) is 15.0. The van der Waals surface area contributed by atoms with E-state index in [1.807, 2.05) is 43.4 Å². The molecule has 0 aliphatic carbocycles. The summed E-state index contributed by atoms with van der Waals surface area (Å²) in [5.41, 5.74) is 4.81. The summed E-state index contributed by atoms with van der Waals surface area (Å²) in [4.78, 5) is 23.7. The molecule has 1 aliphatic rings. The van der Waals surface area contributed by atoms with Gasteiger partial charge in [0.05, 0.1) is 13.2 Å². The first kappa shape index (κ1) is 19.4. The Morgan fingerprint density at radius 2 is 2.06 bits per heavy atom. The summed E-state index contributed by atoms with van der Waals surface area (Å²) in [5.74, 6) is 0.728. The van der Waals surface area contributed by atoms with Crippen molar-refractivity contribution in [1.29, 1.82) is 0 Å². The topological polar surface area (TPSA) is 86.3 Å². The zero-order valence-corrected chi connectivity index (χ0v) is 17.7. The van der Waals surface area contributed by atoms with Crippen LogP contribution in [0.2, 0.25) is 0 Å². The van der Waals surface area contributed by atoms with Gasteiger partial charge in [0, 0.05) is 41.9 Å². The minimum Gasteiger partial charge on any atom is -0.365 e. The van der Waals surface area contributed by atoms with Crippen LogP contribution in [0.25, 0.3) is 22.4 Å². The molecule has 1 aromatic carbocycles. The van der Waals surface area contributed by atoms with Gasteiger partial charge in [0.2, 0.25) is 5.82 Å². The van der Waals surface area contributed by atoms with Crippen molar-refractivity contribution in [3.8, 4) is 11.5 Å². The number of hydrogen-bond donors (Lipinski definition) is 0. The highest BCUT2D eigenvalue weighted by Gasteiger charge is 2.30. The van der Waals surface area contributed by atoms with Crippen LogP contribution < -0.4 is 0 Å². The van der Waals surface area contributed by atoms with Gasteiger partial charge in [0.25, 0.3) is 11.8 Å². The average molecular weight is 417 g/mol. The Morgan fingerprint density at radius 3 is 2.87 bits per heavy atom. The third-order valence-corrected chi connectivity index (χ3v) is 6.02. The van der Waals surface area contributed by atoms with Gasteiger partial charge >= 0.3 is 0 Å². The average Bonchev–Trinajstić information content (AvgIpc) is 3.40. The molecule has 1 fully saturated rings. The van der Waals surface area contributed by atoms with E-state index in [0.717, 1.165) is 10.9 Å². The van der Waals surface area contributed by atoms with Gasteiger partial charge in [-0.3, -0.25) is 9.78 Å². The smallest absolute Gasteiger partial charge is 0.257 e. The third kappa shape index (κ3) is 3.38. The second-order valence-corrected chi connectivity index (χ2v) is 7.78. The number of nitrogens with zero attached hydrogens (tertiary/aromatic N) is 5. The van der Waals surface area contributed by atoms with Crippen molar-refractivity contribution < 1.29 is 14.1 Å². The van der Waals surface area contributed by atoms with Crippen molar-refractivity contribution in [2.45, 2.75) is 20.0 Å². The number of morpholine rings is 1. The van der Waals surface area contributed by atoms with E-state index in [-0.39, 0.29) is 5.91 Å². The first-order valence-corrected chi connectivity index (χ1v) is 10.2. The molecule has 1 saturated heterocycles. The Bertz CT molecular complexity index is 1260. The normalized spacial score (nSPS) is 16.7. The molecule has 158 valence electrons. The number of aromatic nitrogens is 4. The van der Waals surface area contributed by atoms with Gasteiger partial charge in [0.1, 0.15) is 5.69 Å². The molecule has 0 unspecified atom stereocenters. The predicted molar refractivity (Wildman–Crippen MR) is 115 cm³/mol. The number of aryl methyl sites for hydroxylation is 2. The molecule has 8 heteroatoms. The summed E-state index contributed by atoms with van der Waals surface area (Å²) >= 11 is 0. The van der Waals surface area contributed by atoms with Gasteiger partial charge in [0.15, 0.2) is 6.10 Å². The minimum atomic E-state index is -0.466. The van der Waals surface area contributed by atoms with E-state index in [2.05, 4.69) is 33.5 Å². The number of rotatable bonds is 3. The summed E-state index contributed by atoms with van der Waals surface area (Å²) < 4.78 is 13.4. The number of hydrogen-bond acceptors (Lipinski definition) is 6. The summed E-state index contributed by atoms with van der Waals surface area (Å²) in [5, 5.41) is 5.11. The monoisotopic (exact) mass is 417 g/mol. The molecular weight excluding hydrogens is 394 g/mol. The molecule has 1 atom stereocenters. The van der Waals surface area contributed by atoms with E-state index < -0.39 is 6.10 Å². The van der Waals surface area contributed by atoms with Crippen molar-refractivity contribution >= 4 is 16.8 Å². The Morgan fingerprint density at radius 1 is 1.19 bits per heavy atom. The lowest BCUT2D eigenvalue weighted by molar-refractivity contribution is -0.0367. The lowest BCUT2D eigenvalue weighted by Crippen LogP contribution is -2.42. The highest BCUT2D eigenvalue weighted by molar-refractivity contribution is 5.99. The third-order valence-electron chi connectivity index (χ3n) is 6.02. The molecule has 3 aromatic heterocycles. The van der Waals surface area contributed by atoms with Crippen LogP contribution in [0.3, 0.4) is 0 Å². The maximum atomic E-state index is 13.2. The maximum Gasteiger partial charge on any atom is 0.257 e. The SMILES string of the molecule is Cc1c(C)n(C)c2ccc(C(=O)N3CCO[C@@H](c4nc(-c5ccccn5)no4)C3)cc12. The molecule has 1 aliphatic heterocycles. The number of amides is 1. The fourth-order valence-electron chi connectivity index (χ4n) is 4.02. The van der Waals surface area contributed by atoms with E-state index in [1.54, 1.807) is 11.1 Å². The van der Waals surface area contributed by atoms with Crippen molar-refractivity contribution in [2.24, 2.45) is 7.05 Å². The number of benzene rings is 1. The van der Waals surface area contributed by atoms with Gasteiger partial charge in [-0.1, -0.05) is 11.2 Å². The van der Waals surface area contributed by atoms with E-state index in [1.165, 1.54) is 11.3 Å². The molecular formula is C23H23N5O3. The van der Waals surface area contributed by atoms with E-state index in [4.69, 9.17) is 9.26 Å². The summed E-state index contributed by atoms with van der Waals surface area (Å²) in [6.45, 7) is 5.46. The molecule has 0 radical (unpaired) electrons. The Hall–Kier alpha value is -3.52. The predicted octanol–water partition coefficient (Wildman–Crippen LogP) is 3.45. The van der Waals surface area contributed by atoms with E-state index in [0.29, 0.717) is 42.7 Å². The molecule has 4 aromatic rings. The van der Waals surface area contributed by atoms with Crippen LogP contribution in [-0.4, -0.2) is 50.2 Å². The van der Waals surface area contributed by atoms with Gasteiger partial charge in [-0.05, 0) is 49.7 Å². The number of carbonyl (C=O) groups is 1. The molecule has 4 heterocycles. The molecule has 0 bridgehead atoms. The van der Waals surface area contributed by atoms with Gasteiger partial charge < -0.3 is 18.7 Å². The van der Waals surface area contributed by atoms with E-state index >= 15 is 0 Å². The zero-order valence-electron chi connectivity index (χ0n) is 17.7. The number of pyridine rings is 1. The summed E-state index contributed by atoms with van der Waals surface area (Å²) in [6.07, 6.45) is 1.21. The van der Waals surface area contributed by atoms with Crippen LogP contribution in [0, 0.1) is 13.8 Å². The maximum absolute atomic E-state index is 13.2. The van der Waals surface area contributed by atoms with Crippen molar-refractivity contribution in [3.05, 3.63) is 65.3 Å². The van der Waals surface area contributed by atoms with Crippen molar-refractivity contribution in [1.82, 2.24) is 24.6 Å². The molecule has 0 N–H and O–H groups in total. The summed E-state index contributed by atoms with van der Waals surface area (Å²) in [6, 6.07) is 11.4. The summed E-state index contributed by atoms with van der Waals surface area (Å²) in [7, 11) is 2.04. The number of carbonyl (C=O) groups excluding carboxylic acids is 1. The highest BCUT2D eigenvalue weighted by atomic mass is 16.5. The van der Waals surface area contributed by atoms with Gasteiger partial charge in [-0.2, -0.15) is 4.98 Å². The lowest BCUT2D eigenvalue weighted by atomic mass is 10.1. The van der Waals surface area contributed by atoms with Crippen molar-refractivity contribution in [2.75, 3.05) is 19.7 Å². The largest absolute Gasteiger partial charge is 0.365 e. The zero-order chi connectivity index (χ0) is 21.5. The standard InChI is InChI=1S/C23H23N5O3/c1-14-15(2)27(3)19-8-7-16(12-17(14)19)23(29)28-10-11-30-20(13-28)22-25-21(26-31-22)18-6-4-5-9-24-18/h4-9,12,20H,10-11,13H2,1-3H3/t20-/m1/s1. The lowest BCUT2D eigenvalue weighted by Gasteiger charge is -2.31. The fraction of sp³-hybridized carbons (Fsp3) is 0.304. The van der Waals surface area contributed by atoms with Gasteiger partial charge in [-0.15, -0.1) is 0 Å². The Labute approximate surface area is 179 Å². The molecule has 0 saturated carbocycles. The van der Waals surface area contributed by atoms with Crippen LogP contribution in [0.1, 0.15) is 33.6 Å². The molecule has 0 spiro atoms. The second-order valence-electron chi connectivity index (χ2n) is 7.78. The number of fused-ring (bicyclic) bond motifs is 1.